The van der Waals surface area contributed by atoms with Crippen LogP contribution < -0.4 is 10.2 Å². The molecule has 0 aliphatic carbocycles. The summed E-state index contributed by atoms with van der Waals surface area (Å²) < 4.78 is 0. The molecule has 1 aliphatic heterocycles. The zero-order chi connectivity index (χ0) is 19.4. The fourth-order valence-electron chi connectivity index (χ4n) is 3.26. The van der Waals surface area contributed by atoms with E-state index in [-0.39, 0.29) is 23.4 Å². The molecular weight excluding hydrogens is 370 g/mol. The zero-order valence-electron chi connectivity index (χ0n) is 15.1. The van der Waals surface area contributed by atoms with Crippen LogP contribution >= 0.6 is 11.6 Å². The minimum atomic E-state index is -0.524. The van der Waals surface area contributed by atoms with Crippen molar-refractivity contribution in [2.24, 2.45) is 0 Å². The van der Waals surface area contributed by atoms with Crippen molar-refractivity contribution in [3.63, 3.8) is 0 Å². The minimum absolute atomic E-state index is 0.0545. The molecule has 27 heavy (non-hydrogen) atoms. The third kappa shape index (κ3) is 4.45. The molecule has 1 unspecified atom stereocenters. The Morgan fingerprint density at radius 2 is 2.22 bits per heavy atom. The van der Waals surface area contributed by atoms with E-state index in [2.05, 4.69) is 27.1 Å². The van der Waals surface area contributed by atoms with Crippen molar-refractivity contribution in [2.75, 3.05) is 23.4 Å². The predicted molar refractivity (Wildman–Crippen MR) is 105 cm³/mol. The second kappa shape index (κ2) is 8.49. The maximum atomic E-state index is 11.1. The number of hydrogen-bond acceptors (Lipinski definition) is 7. The van der Waals surface area contributed by atoms with Crippen LogP contribution in [-0.4, -0.2) is 39.2 Å². The Kier molecular flexibility index (Phi) is 6.08. The van der Waals surface area contributed by atoms with Gasteiger partial charge < -0.3 is 15.3 Å². The summed E-state index contributed by atoms with van der Waals surface area (Å²) in [5.41, 5.74) is 1.20. The molecule has 1 aliphatic rings. The lowest BCUT2D eigenvalue weighted by Crippen LogP contribution is -2.33. The molecule has 0 bridgehead atoms. The van der Waals surface area contributed by atoms with Crippen LogP contribution in [0.2, 0.25) is 5.02 Å². The summed E-state index contributed by atoms with van der Waals surface area (Å²) in [5, 5.41) is 23.8. The third-order valence-electron chi connectivity index (χ3n) is 4.55. The van der Waals surface area contributed by atoms with E-state index >= 15 is 0 Å². The number of aromatic nitrogens is 2. The average molecular weight is 392 g/mol. The number of halogens is 1. The van der Waals surface area contributed by atoms with Crippen molar-refractivity contribution in [1.82, 2.24) is 9.97 Å². The third-order valence-corrected chi connectivity index (χ3v) is 4.87. The number of rotatable bonds is 7. The first-order chi connectivity index (χ1) is 13.0. The van der Waals surface area contributed by atoms with E-state index < -0.39 is 4.92 Å². The van der Waals surface area contributed by atoms with Crippen LogP contribution in [0.5, 0.6) is 0 Å². The van der Waals surface area contributed by atoms with Gasteiger partial charge in [0.1, 0.15) is 10.8 Å². The summed E-state index contributed by atoms with van der Waals surface area (Å²) in [5.74, 6) is 1.13. The average Bonchev–Trinajstić information content (AvgIpc) is 3.12. The molecule has 0 saturated carbocycles. The van der Waals surface area contributed by atoms with Crippen molar-refractivity contribution in [3.8, 4) is 0 Å². The number of aliphatic hydroxyl groups is 1. The van der Waals surface area contributed by atoms with Crippen LogP contribution in [0.1, 0.15) is 31.9 Å². The molecule has 144 valence electrons. The van der Waals surface area contributed by atoms with E-state index in [0.29, 0.717) is 11.6 Å². The molecule has 1 fully saturated rings. The van der Waals surface area contributed by atoms with Crippen LogP contribution in [0.3, 0.4) is 0 Å². The SMILES string of the molecule is CCCc1cc(N2CCCC2CO)nc(Nc2ccc(Cl)c([N+](=O)[O-])c2)n1. The monoisotopic (exact) mass is 391 g/mol. The highest BCUT2D eigenvalue weighted by Gasteiger charge is 2.26. The van der Waals surface area contributed by atoms with Gasteiger partial charge in [0.25, 0.3) is 5.69 Å². The smallest absolute Gasteiger partial charge is 0.289 e. The molecule has 0 spiro atoms. The second-order valence-corrected chi connectivity index (χ2v) is 6.92. The molecule has 0 radical (unpaired) electrons. The molecule has 1 aromatic heterocycles. The molecule has 1 atom stereocenters. The van der Waals surface area contributed by atoms with E-state index in [4.69, 9.17) is 11.6 Å². The van der Waals surface area contributed by atoms with Crippen LogP contribution in [-0.2, 0) is 6.42 Å². The quantitative estimate of drug-likeness (QED) is 0.547. The van der Waals surface area contributed by atoms with Crippen LogP contribution in [0.25, 0.3) is 0 Å². The maximum absolute atomic E-state index is 11.1. The summed E-state index contributed by atoms with van der Waals surface area (Å²) in [6.07, 6.45) is 3.66. The highest BCUT2D eigenvalue weighted by atomic mass is 35.5. The van der Waals surface area contributed by atoms with Gasteiger partial charge in [0.05, 0.1) is 17.6 Å². The van der Waals surface area contributed by atoms with Crippen LogP contribution in [0, 0.1) is 10.1 Å². The maximum Gasteiger partial charge on any atom is 0.289 e. The van der Waals surface area contributed by atoms with Gasteiger partial charge >= 0.3 is 0 Å². The second-order valence-electron chi connectivity index (χ2n) is 6.51. The van der Waals surface area contributed by atoms with Crippen LogP contribution in [0.4, 0.5) is 23.1 Å². The van der Waals surface area contributed by atoms with Crippen molar-refractivity contribution < 1.29 is 10.0 Å². The van der Waals surface area contributed by atoms with Gasteiger partial charge in [-0.05, 0) is 31.4 Å². The molecular formula is C18H22ClN5O3. The van der Waals surface area contributed by atoms with Crippen molar-refractivity contribution in [3.05, 3.63) is 45.1 Å². The molecule has 2 aromatic rings. The Balaban J connectivity index is 1.93. The van der Waals surface area contributed by atoms with Gasteiger partial charge in [-0.3, -0.25) is 10.1 Å². The number of nitrogens with one attached hydrogen (secondary N) is 1. The zero-order valence-corrected chi connectivity index (χ0v) is 15.8. The summed E-state index contributed by atoms with van der Waals surface area (Å²) in [7, 11) is 0. The molecule has 1 saturated heterocycles. The Morgan fingerprint density at radius 1 is 1.41 bits per heavy atom. The summed E-state index contributed by atoms with van der Waals surface area (Å²) in [6, 6.07) is 6.49. The number of nitro groups is 1. The first kappa shape index (κ1) is 19.3. The van der Waals surface area contributed by atoms with Crippen molar-refractivity contribution in [1.29, 1.82) is 0 Å². The normalized spacial score (nSPS) is 16.6. The van der Waals surface area contributed by atoms with Gasteiger partial charge in [-0.2, -0.15) is 4.98 Å². The summed E-state index contributed by atoms with van der Waals surface area (Å²) in [6.45, 7) is 2.99. The number of nitrogens with zero attached hydrogens (tertiary/aromatic N) is 4. The first-order valence-corrected chi connectivity index (χ1v) is 9.36. The summed E-state index contributed by atoms with van der Waals surface area (Å²) in [4.78, 5) is 21.8. The fourth-order valence-corrected chi connectivity index (χ4v) is 3.44. The van der Waals surface area contributed by atoms with Gasteiger partial charge in [-0.25, -0.2) is 4.98 Å². The number of aryl methyl sites for hydroxylation is 1. The Bertz CT molecular complexity index is 833. The molecule has 9 heteroatoms. The van der Waals surface area contributed by atoms with Gasteiger partial charge in [0.15, 0.2) is 0 Å². The number of anilines is 3. The van der Waals surface area contributed by atoms with E-state index in [1.807, 2.05) is 6.07 Å². The highest BCUT2D eigenvalue weighted by Crippen LogP contribution is 2.30. The molecule has 2 heterocycles. The van der Waals surface area contributed by atoms with Gasteiger partial charge in [-0.15, -0.1) is 0 Å². The summed E-state index contributed by atoms with van der Waals surface area (Å²) >= 11 is 5.87. The Labute approximate surface area is 162 Å². The van der Waals surface area contributed by atoms with Crippen molar-refractivity contribution in [2.45, 2.75) is 38.6 Å². The number of benzene rings is 1. The molecule has 1 aromatic carbocycles. The Morgan fingerprint density at radius 3 is 2.93 bits per heavy atom. The lowest BCUT2D eigenvalue weighted by molar-refractivity contribution is -0.384. The van der Waals surface area contributed by atoms with E-state index in [1.165, 1.54) is 12.1 Å². The predicted octanol–water partition coefficient (Wildman–Crippen LogP) is 3.70. The van der Waals surface area contributed by atoms with E-state index in [0.717, 1.165) is 43.7 Å². The van der Waals surface area contributed by atoms with Crippen LogP contribution in [0.15, 0.2) is 24.3 Å². The number of hydrogen-bond donors (Lipinski definition) is 2. The topological polar surface area (TPSA) is 104 Å². The van der Waals surface area contributed by atoms with E-state index in [1.54, 1.807) is 6.07 Å². The standard InChI is InChI=1S/C18H22ClN5O3/c1-2-4-12-10-17(23-8-3-5-14(23)11-25)22-18(20-12)21-13-6-7-15(19)16(9-13)24(26)27/h6-7,9-10,14,25H,2-5,8,11H2,1H3,(H,20,21,22). The highest BCUT2D eigenvalue weighted by molar-refractivity contribution is 6.32. The van der Waals surface area contributed by atoms with Gasteiger partial charge in [0.2, 0.25) is 5.95 Å². The number of aliphatic hydroxyl groups excluding tert-OH is 1. The fraction of sp³-hybridized carbons (Fsp3) is 0.444. The molecule has 8 nitrogen and oxygen atoms in total. The largest absolute Gasteiger partial charge is 0.394 e. The molecule has 2 N–H and O–H groups in total. The van der Waals surface area contributed by atoms with Crippen molar-refractivity contribution >= 4 is 34.7 Å². The minimum Gasteiger partial charge on any atom is -0.394 e. The van der Waals surface area contributed by atoms with Gasteiger partial charge in [0, 0.05) is 30.1 Å². The van der Waals surface area contributed by atoms with E-state index in [9.17, 15) is 15.2 Å². The lowest BCUT2D eigenvalue weighted by Gasteiger charge is -2.25. The first-order valence-electron chi connectivity index (χ1n) is 8.98. The number of nitro benzene ring substituents is 1. The lowest BCUT2D eigenvalue weighted by atomic mass is 10.2. The molecule has 0 amide bonds. The Hall–Kier alpha value is -2.45. The van der Waals surface area contributed by atoms with Gasteiger partial charge in [-0.1, -0.05) is 24.9 Å². The molecule has 3 rings (SSSR count).